The fourth-order valence-electron chi connectivity index (χ4n) is 1.20. The van der Waals surface area contributed by atoms with Gasteiger partial charge >= 0.3 is 0 Å². The predicted molar refractivity (Wildman–Crippen MR) is 62.7 cm³/mol. The first-order chi connectivity index (χ1) is 7.18. The molecule has 1 aromatic rings. The number of nitrogens with two attached hydrogens (primary N) is 1. The third-order valence-electron chi connectivity index (χ3n) is 2.01. The van der Waals surface area contributed by atoms with Crippen LogP contribution >= 0.6 is 0 Å². The van der Waals surface area contributed by atoms with Gasteiger partial charge in [0, 0.05) is 6.54 Å². The maximum atomic E-state index is 5.43. The zero-order valence-electron chi connectivity index (χ0n) is 9.40. The lowest BCUT2D eigenvalue weighted by Gasteiger charge is -2.09. The van der Waals surface area contributed by atoms with Gasteiger partial charge in [-0.05, 0) is 33.5 Å². The van der Waals surface area contributed by atoms with Crippen molar-refractivity contribution in [2.24, 2.45) is 0 Å². The van der Waals surface area contributed by atoms with Crippen LogP contribution in [0.5, 0.6) is 0 Å². The quantitative estimate of drug-likeness (QED) is 0.679. The number of rotatable bonds is 6. The van der Waals surface area contributed by atoms with Crippen molar-refractivity contribution in [3.8, 4) is 0 Å². The molecule has 15 heavy (non-hydrogen) atoms. The van der Waals surface area contributed by atoms with Gasteiger partial charge in [-0.1, -0.05) is 0 Å². The molecular weight excluding hydrogens is 190 g/mol. The lowest BCUT2D eigenvalue weighted by molar-refractivity contribution is 0.396. The molecule has 1 rings (SSSR count). The number of nitrogens with one attached hydrogen (secondary N) is 1. The molecule has 0 saturated carbocycles. The molecule has 84 valence electrons. The van der Waals surface area contributed by atoms with Crippen LogP contribution in [0.1, 0.15) is 12.8 Å². The van der Waals surface area contributed by atoms with E-state index >= 15 is 0 Å². The van der Waals surface area contributed by atoms with Crippen LogP contribution in [0.3, 0.4) is 0 Å². The van der Waals surface area contributed by atoms with E-state index in [4.69, 9.17) is 5.73 Å². The third kappa shape index (κ3) is 5.17. The summed E-state index contributed by atoms with van der Waals surface area (Å²) in [5.41, 5.74) is 5.43. The van der Waals surface area contributed by atoms with Crippen LogP contribution in [0.15, 0.2) is 12.4 Å². The highest BCUT2D eigenvalue weighted by Crippen LogP contribution is 2.02. The van der Waals surface area contributed by atoms with Crippen LogP contribution in [0, 0.1) is 0 Å². The first-order valence-electron chi connectivity index (χ1n) is 5.14. The third-order valence-corrected chi connectivity index (χ3v) is 2.01. The van der Waals surface area contributed by atoms with E-state index in [1.807, 2.05) is 0 Å². The van der Waals surface area contributed by atoms with Gasteiger partial charge in [-0.3, -0.25) is 0 Å². The summed E-state index contributed by atoms with van der Waals surface area (Å²) in [6.07, 6.45) is 5.52. The Morgan fingerprint density at radius 2 is 2.07 bits per heavy atom. The zero-order chi connectivity index (χ0) is 11.1. The molecule has 0 aliphatic rings. The van der Waals surface area contributed by atoms with Crippen molar-refractivity contribution >= 4 is 11.6 Å². The average molecular weight is 209 g/mol. The Bertz CT molecular complexity index is 270. The number of anilines is 2. The number of unbranched alkanes of at least 4 members (excludes halogenated alkanes) is 1. The first-order valence-corrected chi connectivity index (χ1v) is 5.14. The van der Waals surface area contributed by atoms with Crippen LogP contribution < -0.4 is 11.1 Å². The highest BCUT2D eigenvalue weighted by Gasteiger charge is 1.94. The number of nitrogens with zero attached hydrogens (tertiary/aromatic N) is 3. The van der Waals surface area contributed by atoms with Crippen molar-refractivity contribution in [1.82, 2.24) is 14.9 Å². The Kier molecular flexibility index (Phi) is 4.83. The van der Waals surface area contributed by atoms with Crippen molar-refractivity contribution in [3.63, 3.8) is 0 Å². The van der Waals surface area contributed by atoms with E-state index in [2.05, 4.69) is 34.3 Å². The standard InChI is InChI=1S/C10H19N5/c1-15(2)6-4-3-5-12-10-8-13-9(11)7-14-10/h7-8H,3-6H2,1-2H3,(H2,11,13)(H,12,14). The Morgan fingerprint density at radius 3 is 2.67 bits per heavy atom. The van der Waals surface area contributed by atoms with E-state index in [0.717, 1.165) is 25.3 Å². The van der Waals surface area contributed by atoms with Gasteiger partial charge < -0.3 is 16.0 Å². The lowest BCUT2D eigenvalue weighted by atomic mass is 10.3. The molecule has 0 aliphatic heterocycles. The summed E-state index contributed by atoms with van der Waals surface area (Å²) in [6.45, 7) is 2.04. The summed E-state index contributed by atoms with van der Waals surface area (Å²) >= 11 is 0. The Balaban J connectivity index is 2.12. The average Bonchev–Trinajstić information content (AvgIpc) is 2.20. The van der Waals surface area contributed by atoms with Gasteiger partial charge in [-0.25, -0.2) is 9.97 Å². The zero-order valence-corrected chi connectivity index (χ0v) is 9.40. The van der Waals surface area contributed by atoms with Gasteiger partial charge in [0.1, 0.15) is 11.6 Å². The molecule has 0 fully saturated rings. The summed E-state index contributed by atoms with van der Waals surface area (Å²) in [5.74, 6) is 1.24. The molecule has 0 amide bonds. The van der Waals surface area contributed by atoms with Gasteiger partial charge in [-0.2, -0.15) is 0 Å². The van der Waals surface area contributed by atoms with Crippen LogP contribution in [0.4, 0.5) is 11.6 Å². The minimum absolute atomic E-state index is 0.452. The summed E-state index contributed by atoms with van der Waals surface area (Å²) < 4.78 is 0. The van der Waals surface area contributed by atoms with E-state index in [9.17, 15) is 0 Å². The van der Waals surface area contributed by atoms with Crippen LogP contribution in [0.2, 0.25) is 0 Å². The molecule has 1 aromatic heterocycles. The van der Waals surface area contributed by atoms with Crippen LogP contribution in [-0.2, 0) is 0 Å². The summed E-state index contributed by atoms with van der Waals surface area (Å²) in [5, 5.41) is 3.20. The molecule has 0 saturated heterocycles. The molecule has 0 radical (unpaired) electrons. The molecule has 0 bridgehead atoms. The molecule has 0 spiro atoms. The van der Waals surface area contributed by atoms with E-state index in [1.165, 1.54) is 6.42 Å². The summed E-state index contributed by atoms with van der Waals surface area (Å²) in [6, 6.07) is 0. The molecule has 1 heterocycles. The SMILES string of the molecule is CN(C)CCCCNc1cnc(N)cn1. The summed E-state index contributed by atoms with van der Waals surface area (Å²) in [4.78, 5) is 10.2. The first kappa shape index (κ1) is 11.7. The number of hydrogen-bond acceptors (Lipinski definition) is 5. The Labute approximate surface area is 90.7 Å². The second-order valence-electron chi connectivity index (χ2n) is 3.76. The van der Waals surface area contributed by atoms with Gasteiger partial charge in [0.05, 0.1) is 12.4 Å². The summed E-state index contributed by atoms with van der Waals surface area (Å²) in [7, 11) is 4.16. The van der Waals surface area contributed by atoms with Gasteiger partial charge in [0.15, 0.2) is 0 Å². The van der Waals surface area contributed by atoms with E-state index < -0.39 is 0 Å². The molecule has 3 N–H and O–H groups in total. The minimum atomic E-state index is 0.452. The second kappa shape index (κ2) is 6.19. The number of nitrogen functional groups attached to an aromatic ring is 1. The van der Waals surface area contributed by atoms with Crippen molar-refractivity contribution in [1.29, 1.82) is 0 Å². The predicted octanol–water partition coefficient (Wildman–Crippen LogP) is 0.812. The number of aromatic nitrogens is 2. The largest absolute Gasteiger partial charge is 0.382 e. The van der Waals surface area contributed by atoms with Crippen LogP contribution in [0.25, 0.3) is 0 Å². The van der Waals surface area contributed by atoms with Gasteiger partial charge in [0.2, 0.25) is 0 Å². The fraction of sp³-hybridized carbons (Fsp3) is 0.600. The molecule has 0 aliphatic carbocycles. The smallest absolute Gasteiger partial charge is 0.144 e. The highest BCUT2D eigenvalue weighted by atomic mass is 15.1. The van der Waals surface area contributed by atoms with E-state index in [1.54, 1.807) is 12.4 Å². The maximum Gasteiger partial charge on any atom is 0.144 e. The molecule has 5 nitrogen and oxygen atoms in total. The normalized spacial score (nSPS) is 10.6. The molecule has 5 heteroatoms. The van der Waals surface area contributed by atoms with Gasteiger partial charge in [0.25, 0.3) is 0 Å². The molecule has 0 unspecified atom stereocenters. The molecule has 0 aromatic carbocycles. The van der Waals surface area contributed by atoms with Crippen LogP contribution in [-0.4, -0.2) is 42.1 Å². The lowest BCUT2D eigenvalue weighted by Crippen LogP contribution is -2.14. The number of hydrogen-bond donors (Lipinski definition) is 2. The fourth-order valence-corrected chi connectivity index (χ4v) is 1.20. The van der Waals surface area contributed by atoms with E-state index in [-0.39, 0.29) is 0 Å². The maximum absolute atomic E-state index is 5.43. The van der Waals surface area contributed by atoms with Crippen molar-refractivity contribution < 1.29 is 0 Å². The Morgan fingerprint density at radius 1 is 1.27 bits per heavy atom. The minimum Gasteiger partial charge on any atom is -0.382 e. The van der Waals surface area contributed by atoms with Crippen molar-refractivity contribution in [2.45, 2.75) is 12.8 Å². The molecule has 0 atom stereocenters. The Hall–Kier alpha value is -1.36. The van der Waals surface area contributed by atoms with Crippen molar-refractivity contribution in [3.05, 3.63) is 12.4 Å². The second-order valence-corrected chi connectivity index (χ2v) is 3.76. The molecular formula is C10H19N5. The van der Waals surface area contributed by atoms with Crippen molar-refractivity contribution in [2.75, 3.05) is 38.2 Å². The topological polar surface area (TPSA) is 67.1 Å². The highest BCUT2D eigenvalue weighted by molar-refractivity contribution is 5.35. The van der Waals surface area contributed by atoms with Gasteiger partial charge in [-0.15, -0.1) is 0 Å². The van der Waals surface area contributed by atoms with E-state index in [0.29, 0.717) is 5.82 Å². The monoisotopic (exact) mass is 209 g/mol.